The van der Waals surface area contributed by atoms with Crippen LogP contribution >= 0.6 is 0 Å². The Bertz CT molecular complexity index is 761. The molecule has 0 aromatic heterocycles. The number of likely N-dealkylation sites (tertiary alicyclic amines) is 1. The van der Waals surface area contributed by atoms with Gasteiger partial charge in [0.05, 0.1) is 12.8 Å². The van der Waals surface area contributed by atoms with Gasteiger partial charge >= 0.3 is 17.8 Å². The average Bonchev–Trinajstić information content (AvgIpc) is 2.91. The van der Waals surface area contributed by atoms with Crippen molar-refractivity contribution in [3.63, 3.8) is 0 Å². The molecular formula is C19H23N3O5. The Labute approximate surface area is 157 Å². The van der Waals surface area contributed by atoms with Crippen LogP contribution in [0.5, 0.6) is 5.75 Å². The number of amides is 5. The number of carbonyl (C=O) groups is 4. The Morgan fingerprint density at radius 1 is 1.11 bits per heavy atom. The SMILES string of the molecule is CC[C@H]1CCCCN1C(=O)CN1C(=O)C(=O)N(c2ccc(OC)cc2)C1=O. The molecule has 1 aromatic rings. The van der Waals surface area contributed by atoms with Gasteiger partial charge in [-0.05, 0) is 49.9 Å². The van der Waals surface area contributed by atoms with Crippen LogP contribution in [0.3, 0.4) is 0 Å². The summed E-state index contributed by atoms with van der Waals surface area (Å²) < 4.78 is 5.05. The fourth-order valence-corrected chi connectivity index (χ4v) is 3.58. The lowest BCUT2D eigenvalue weighted by atomic mass is 10.00. The predicted octanol–water partition coefficient (Wildman–Crippen LogP) is 1.78. The van der Waals surface area contributed by atoms with Crippen molar-refractivity contribution < 1.29 is 23.9 Å². The molecule has 1 atom stereocenters. The molecule has 3 rings (SSSR count). The highest BCUT2D eigenvalue weighted by atomic mass is 16.5. The zero-order valence-corrected chi connectivity index (χ0v) is 15.5. The van der Waals surface area contributed by atoms with Crippen molar-refractivity contribution >= 4 is 29.4 Å². The van der Waals surface area contributed by atoms with Crippen LogP contribution in [0.15, 0.2) is 24.3 Å². The van der Waals surface area contributed by atoms with Crippen LogP contribution in [0.4, 0.5) is 10.5 Å². The third-order valence-electron chi connectivity index (χ3n) is 5.10. The van der Waals surface area contributed by atoms with Crippen molar-refractivity contribution in [2.24, 2.45) is 0 Å². The minimum Gasteiger partial charge on any atom is -0.497 e. The van der Waals surface area contributed by atoms with E-state index in [1.807, 2.05) is 6.92 Å². The number of rotatable bonds is 5. The molecule has 2 heterocycles. The lowest BCUT2D eigenvalue weighted by Crippen LogP contribution is -2.49. The average molecular weight is 373 g/mol. The van der Waals surface area contributed by atoms with Gasteiger partial charge in [0.25, 0.3) is 0 Å². The molecule has 0 saturated carbocycles. The van der Waals surface area contributed by atoms with Crippen LogP contribution in [-0.2, 0) is 14.4 Å². The first-order chi connectivity index (χ1) is 13.0. The Hall–Kier alpha value is -2.90. The number of ether oxygens (including phenoxy) is 1. The van der Waals surface area contributed by atoms with E-state index in [2.05, 4.69) is 0 Å². The number of carbonyl (C=O) groups excluding carboxylic acids is 4. The molecule has 0 spiro atoms. The molecule has 0 N–H and O–H groups in total. The van der Waals surface area contributed by atoms with Gasteiger partial charge in [-0.25, -0.2) is 14.6 Å². The van der Waals surface area contributed by atoms with Crippen molar-refractivity contribution in [1.29, 1.82) is 0 Å². The van der Waals surface area contributed by atoms with Crippen LogP contribution in [-0.4, -0.2) is 59.8 Å². The Morgan fingerprint density at radius 3 is 2.44 bits per heavy atom. The summed E-state index contributed by atoms with van der Waals surface area (Å²) in [4.78, 5) is 53.2. The minimum atomic E-state index is -0.978. The molecule has 8 heteroatoms. The maximum absolute atomic E-state index is 12.7. The summed E-state index contributed by atoms with van der Waals surface area (Å²) >= 11 is 0. The van der Waals surface area contributed by atoms with Crippen molar-refractivity contribution in [1.82, 2.24) is 9.80 Å². The molecule has 8 nitrogen and oxygen atoms in total. The van der Waals surface area contributed by atoms with E-state index >= 15 is 0 Å². The van der Waals surface area contributed by atoms with Crippen LogP contribution in [0.1, 0.15) is 32.6 Å². The Balaban J connectivity index is 1.76. The van der Waals surface area contributed by atoms with Crippen LogP contribution < -0.4 is 9.64 Å². The van der Waals surface area contributed by atoms with Gasteiger partial charge in [-0.2, -0.15) is 0 Å². The minimum absolute atomic E-state index is 0.118. The molecule has 0 unspecified atom stereocenters. The first-order valence-electron chi connectivity index (χ1n) is 9.11. The summed E-state index contributed by atoms with van der Waals surface area (Å²) in [5.41, 5.74) is 0.263. The van der Waals surface area contributed by atoms with Gasteiger partial charge in [-0.15, -0.1) is 0 Å². The largest absolute Gasteiger partial charge is 0.497 e. The first kappa shape index (κ1) is 18.9. The Kier molecular flexibility index (Phi) is 5.43. The van der Waals surface area contributed by atoms with Crippen molar-refractivity contribution in [2.45, 2.75) is 38.6 Å². The second-order valence-electron chi connectivity index (χ2n) is 6.66. The van der Waals surface area contributed by atoms with E-state index in [1.165, 1.54) is 19.2 Å². The fraction of sp³-hybridized carbons (Fsp3) is 0.474. The van der Waals surface area contributed by atoms with Gasteiger partial charge in [0, 0.05) is 12.6 Å². The number of nitrogens with zero attached hydrogens (tertiary/aromatic N) is 3. The van der Waals surface area contributed by atoms with E-state index in [1.54, 1.807) is 17.0 Å². The van der Waals surface area contributed by atoms with E-state index in [-0.39, 0.29) is 17.6 Å². The number of anilines is 1. The summed E-state index contributed by atoms with van der Waals surface area (Å²) in [6.07, 6.45) is 3.71. The number of hydrogen-bond donors (Lipinski definition) is 0. The normalized spacial score (nSPS) is 20.4. The molecule has 144 valence electrons. The molecule has 2 aliphatic rings. The van der Waals surface area contributed by atoms with Gasteiger partial charge < -0.3 is 9.64 Å². The molecule has 27 heavy (non-hydrogen) atoms. The number of methoxy groups -OCH3 is 1. The number of urea groups is 1. The lowest BCUT2D eigenvalue weighted by molar-refractivity contribution is -0.143. The molecule has 1 aromatic carbocycles. The number of imide groups is 2. The number of hydrogen-bond acceptors (Lipinski definition) is 5. The monoisotopic (exact) mass is 373 g/mol. The van der Waals surface area contributed by atoms with Crippen LogP contribution in [0.2, 0.25) is 0 Å². The molecule has 0 aliphatic carbocycles. The second kappa shape index (κ2) is 7.77. The van der Waals surface area contributed by atoms with E-state index in [4.69, 9.17) is 4.74 Å². The highest BCUT2D eigenvalue weighted by Gasteiger charge is 2.46. The first-order valence-corrected chi connectivity index (χ1v) is 9.11. The second-order valence-corrected chi connectivity index (χ2v) is 6.66. The number of piperidine rings is 1. The molecule has 2 aliphatic heterocycles. The summed E-state index contributed by atoms with van der Waals surface area (Å²) in [5, 5.41) is 0. The summed E-state index contributed by atoms with van der Waals surface area (Å²) in [7, 11) is 1.50. The Morgan fingerprint density at radius 2 is 1.81 bits per heavy atom. The molecule has 0 radical (unpaired) electrons. The smallest absolute Gasteiger partial charge is 0.339 e. The zero-order valence-electron chi connectivity index (χ0n) is 15.5. The molecular weight excluding hydrogens is 350 g/mol. The predicted molar refractivity (Wildman–Crippen MR) is 97.2 cm³/mol. The maximum Gasteiger partial charge on any atom is 0.339 e. The quantitative estimate of drug-likeness (QED) is 0.580. The summed E-state index contributed by atoms with van der Waals surface area (Å²) in [5.74, 6) is -1.67. The van der Waals surface area contributed by atoms with Gasteiger partial charge in [0.1, 0.15) is 12.3 Å². The van der Waals surface area contributed by atoms with Gasteiger partial charge in [0.2, 0.25) is 5.91 Å². The van der Waals surface area contributed by atoms with Crippen molar-refractivity contribution in [2.75, 3.05) is 25.1 Å². The van der Waals surface area contributed by atoms with Crippen LogP contribution in [0.25, 0.3) is 0 Å². The zero-order chi connectivity index (χ0) is 19.6. The van der Waals surface area contributed by atoms with Gasteiger partial charge in [-0.3, -0.25) is 14.4 Å². The maximum atomic E-state index is 12.7. The van der Waals surface area contributed by atoms with Crippen molar-refractivity contribution in [3.8, 4) is 5.75 Å². The van der Waals surface area contributed by atoms with E-state index in [0.29, 0.717) is 12.3 Å². The topological polar surface area (TPSA) is 87.2 Å². The lowest BCUT2D eigenvalue weighted by Gasteiger charge is -2.35. The third-order valence-corrected chi connectivity index (χ3v) is 5.10. The summed E-state index contributed by atoms with van der Waals surface area (Å²) in [6.45, 7) is 2.22. The highest BCUT2D eigenvalue weighted by molar-refractivity contribution is 6.53. The van der Waals surface area contributed by atoms with Crippen LogP contribution in [0, 0.1) is 0 Å². The van der Waals surface area contributed by atoms with E-state index in [9.17, 15) is 19.2 Å². The molecule has 2 saturated heterocycles. The standard InChI is InChI=1S/C19H23N3O5/c1-3-13-6-4-5-11-20(13)16(23)12-21-17(24)18(25)22(19(21)26)14-7-9-15(27-2)10-8-14/h7-10,13H,3-6,11-12H2,1-2H3/t13-/m0/s1. The van der Waals surface area contributed by atoms with Crippen molar-refractivity contribution in [3.05, 3.63) is 24.3 Å². The van der Waals surface area contributed by atoms with Gasteiger partial charge in [-0.1, -0.05) is 6.92 Å². The summed E-state index contributed by atoms with van der Waals surface area (Å²) in [6, 6.07) is 5.54. The highest BCUT2D eigenvalue weighted by Crippen LogP contribution is 2.25. The molecule has 0 bridgehead atoms. The van der Waals surface area contributed by atoms with E-state index in [0.717, 1.165) is 35.5 Å². The third kappa shape index (κ3) is 3.51. The van der Waals surface area contributed by atoms with E-state index < -0.39 is 24.4 Å². The molecule has 2 fully saturated rings. The number of benzene rings is 1. The van der Waals surface area contributed by atoms with Gasteiger partial charge in [0.15, 0.2) is 0 Å². The molecule has 5 amide bonds. The fourth-order valence-electron chi connectivity index (χ4n) is 3.58.